The smallest absolute Gasteiger partial charge is 0.260 e. The molecule has 2 aliphatic carbocycles. The first-order valence-corrected chi connectivity index (χ1v) is 6.11. The fourth-order valence-corrected chi connectivity index (χ4v) is 3.28. The normalized spacial score (nSPS) is 38.6. The first kappa shape index (κ1) is 10.5. The molecule has 1 saturated heterocycles. The van der Waals surface area contributed by atoms with E-state index in [9.17, 15) is 13.6 Å². The summed E-state index contributed by atoms with van der Waals surface area (Å²) >= 11 is 0. The molecule has 3 rings (SSSR count). The van der Waals surface area contributed by atoms with E-state index in [1.807, 2.05) is 0 Å². The third-order valence-electron chi connectivity index (χ3n) is 4.83. The summed E-state index contributed by atoms with van der Waals surface area (Å²) in [5.74, 6) is -3.54. The summed E-state index contributed by atoms with van der Waals surface area (Å²) in [6.07, 6.45) is 3.33. The fourth-order valence-electron chi connectivity index (χ4n) is 3.28. The second-order valence-electron chi connectivity index (χ2n) is 5.85. The lowest BCUT2D eigenvalue weighted by molar-refractivity contribution is -0.134. The molecule has 0 bridgehead atoms. The van der Waals surface area contributed by atoms with Crippen molar-refractivity contribution in [2.45, 2.75) is 38.5 Å². The first-order valence-electron chi connectivity index (χ1n) is 6.11. The molecule has 0 radical (unpaired) electrons. The molecule has 0 aromatic rings. The summed E-state index contributed by atoms with van der Waals surface area (Å²) in [5.41, 5.74) is 0.278. The van der Waals surface area contributed by atoms with Crippen LogP contribution in [-0.2, 0) is 4.79 Å². The Hall–Kier alpha value is -0.670. The predicted octanol–water partition coefficient (Wildman–Crippen LogP) is 2.29. The lowest BCUT2D eigenvalue weighted by Gasteiger charge is -2.41. The number of rotatable bonds is 1. The van der Waals surface area contributed by atoms with E-state index in [0.717, 1.165) is 6.54 Å². The molecule has 0 aromatic heterocycles. The molecule has 3 aliphatic rings. The Morgan fingerprint density at radius 1 is 1.38 bits per heavy atom. The number of hydrogen-bond donors (Lipinski definition) is 0. The first-order chi connectivity index (χ1) is 7.45. The number of likely N-dealkylation sites (tertiary alicyclic amines) is 1. The molecule has 16 heavy (non-hydrogen) atoms. The number of amides is 1. The van der Waals surface area contributed by atoms with Crippen LogP contribution in [-0.4, -0.2) is 29.8 Å². The molecule has 2 unspecified atom stereocenters. The molecule has 2 nitrogen and oxygen atoms in total. The van der Waals surface area contributed by atoms with Gasteiger partial charge in [0, 0.05) is 19.5 Å². The van der Waals surface area contributed by atoms with Gasteiger partial charge in [0.15, 0.2) is 0 Å². The van der Waals surface area contributed by atoms with Crippen molar-refractivity contribution < 1.29 is 13.6 Å². The highest BCUT2D eigenvalue weighted by molar-refractivity contribution is 5.83. The van der Waals surface area contributed by atoms with Crippen molar-refractivity contribution in [1.82, 2.24) is 4.90 Å². The maximum atomic E-state index is 12.8. The van der Waals surface area contributed by atoms with E-state index in [-0.39, 0.29) is 17.7 Å². The molecule has 4 heteroatoms. The van der Waals surface area contributed by atoms with Crippen LogP contribution in [0.3, 0.4) is 0 Å². The van der Waals surface area contributed by atoms with E-state index < -0.39 is 11.8 Å². The van der Waals surface area contributed by atoms with Gasteiger partial charge in [0.1, 0.15) is 5.92 Å². The van der Waals surface area contributed by atoms with Gasteiger partial charge in [-0.2, -0.15) is 0 Å². The van der Waals surface area contributed by atoms with Crippen LogP contribution in [0.1, 0.15) is 32.6 Å². The van der Waals surface area contributed by atoms with Gasteiger partial charge in [-0.25, -0.2) is 8.78 Å². The van der Waals surface area contributed by atoms with Crippen LogP contribution in [0, 0.1) is 17.3 Å². The number of alkyl halides is 2. The van der Waals surface area contributed by atoms with Crippen LogP contribution < -0.4 is 0 Å². The fraction of sp³-hybridized carbons (Fsp3) is 0.917. The minimum atomic E-state index is -2.71. The highest BCUT2D eigenvalue weighted by atomic mass is 19.3. The van der Waals surface area contributed by atoms with E-state index in [0.29, 0.717) is 12.5 Å². The average molecular weight is 229 g/mol. The van der Waals surface area contributed by atoms with Gasteiger partial charge in [-0.05, 0) is 24.2 Å². The second-order valence-corrected chi connectivity index (χ2v) is 5.85. The Morgan fingerprint density at radius 2 is 2.00 bits per heavy atom. The highest BCUT2D eigenvalue weighted by Crippen LogP contribution is 2.54. The minimum Gasteiger partial charge on any atom is -0.341 e. The Kier molecular flexibility index (Phi) is 1.94. The monoisotopic (exact) mass is 229 g/mol. The average Bonchev–Trinajstić information content (AvgIpc) is 2.63. The summed E-state index contributed by atoms with van der Waals surface area (Å²) in [6.45, 7) is 3.56. The summed E-state index contributed by atoms with van der Waals surface area (Å²) in [6, 6.07) is 0. The van der Waals surface area contributed by atoms with Gasteiger partial charge in [-0.1, -0.05) is 13.3 Å². The molecule has 1 amide bonds. The zero-order valence-corrected chi connectivity index (χ0v) is 9.51. The molecule has 3 fully saturated rings. The molecular formula is C12H17F2NO. The second kappa shape index (κ2) is 2.96. The zero-order valence-electron chi connectivity index (χ0n) is 9.51. The molecule has 0 N–H and O–H groups in total. The van der Waals surface area contributed by atoms with E-state index in [2.05, 4.69) is 6.92 Å². The summed E-state index contributed by atoms with van der Waals surface area (Å²) < 4.78 is 25.7. The van der Waals surface area contributed by atoms with Crippen molar-refractivity contribution >= 4 is 5.91 Å². The molecule has 1 aliphatic heterocycles. The molecular weight excluding hydrogens is 212 g/mol. The Bertz CT molecular complexity index is 338. The van der Waals surface area contributed by atoms with Gasteiger partial charge in [-0.15, -0.1) is 0 Å². The Labute approximate surface area is 94.0 Å². The molecule has 0 aromatic carbocycles. The van der Waals surface area contributed by atoms with Crippen LogP contribution in [0.2, 0.25) is 0 Å². The highest BCUT2D eigenvalue weighted by Gasteiger charge is 2.63. The lowest BCUT2D eigenvalue weighted by Crippen LogP contribution is -2.38. The third kappa shape index (κ3) is 1.31. The lowest BCUT2D eigenvalue weighted by atomic mass is 9.63. The van der Waals surface area contributed by atoms with Crippen molar-refractivity contribution in [2.24, 2.45) is 17.3 Å². The Balaban J connectivity index is 1.67. The third-order valence-corrected chi connectivity index (χ3v) is 4.83. The molecule has 2 saturated carbocycles. The predicted molar refractivity (Wildman–Crippen MR) is 55.1 cm³/mol. The minimum absolute atomic E-state index is 0.232. The van der Waals surface area contributed by atoms with Crippen LogP contribution in [0.5, 0.6) is 0 Å². The maximum absolute atomic E-state index is 12.8. The number of nitrogens with zero attached hydrogens (tertiary/aromatic N) is 1. The SMILES string of the molecule is CC1CN(C(=O)C2CC2(F)F)CC12CCC2. The van der Waals surface area contributed by atoms with Crippen molar-refractivity contribution in [1.29, 1.82) is 0 Å². The summed E-state index contributed by atoms with van der Waals surface area (Å²) in [5, 5.41) is 0. The number of hydrogen-bond acceptors (Lipinski definition) is 1. The van der Waals surface area contributed by atoms with E-state index in [1.165, 1.54) is 19.3 Å². The Morgan fingerprint density at radius 3 is 2.38 bits per heavy atom. The van der Waals surface area contributed by atoms with Crippen LogP contribution >= 0.6 is 0 Å². The van der Waals surface area contributed by atoms with Gasteiger partial charge in [0.05, 0.1) is 0 Å². The van der Waals surface area contributed by atoms with E-state index in [1.54, 1.807) is 4.90 Å². The van der Waals surface area contributed by atoms with Crippen LogP contribution in [0.15, 0.2) is 0 Å². The molecule has 1 heterocycles. The largest absolute Gasteiger partial charge is 0.341 e. The maximum Gasteiger partial charge on any atom is 0.260 e. The van der Waals surface area contributed by atoms with E-state index >= 15 is 0 Å². The molecule has 1 spiro atoms. The van der Waals surface area contributed by atoms with Crippen LogP contribution in [0.25, 0.3) is 0 Å². The summed E-state index contributed by atoms with van der Waals surface area (Å²) in [7, 11) is 0. The number of carbonyl (C=O) groups is 1. The van der Waals surface area contributed by atoms with Crippen molar-refractivity contribution in [2.75, 3.05) is 13.1 Å². The van der Waals surface area contributed by atoms with Gasteiger partial charge in [-0.3, -0.25) is 4.79 Å². The van der Waals surface area contributed by atoms with Gasteiger partial charge in [0.25, 0.3) is 5.92 Å². The van der Waals surface area contributed by atoms with Crippen LogP contribution in [0.4, 0.5) is 8.78 Å². The van der Waals surface area contributed by atoms with Gasteiger partial charge in [0.2, 0.25) is 5.91 Å². The van der Waals surface area contributed by atoms with Gasteiger partial charge < -0.3 is 4.90 Å². The summed E-state index contributed by atoms with van der Waals surface area (Å²) in [4.78, 5) is 13.5. The van der Waals surface area contributed by atoms with Crippen molar-refractivity contribution in [3.05, 3.63) is 0 Å². The number of carbonyl (C=O) groups excluding carboxylic acids is 1. The number of halogens is 2. The van der Waals surface area contributed by atoms with E-state index in [4.69, 9.17) is 0 Å². The van der Waals surface area contributed by atoms with Crippen molar-refractivity contribution in [3.8, 4) is 0 Å². The van der Waals surface area contributed by atoms with Crippen molar-refractivity contribution in [3.63, 3.8) is 0 Å². The zero-order chi connectivity index (χ0) is 11.6. The van der Waals surface area contributed by atoms with Gasteiger partial charge >= 0.3 is 0 Å². The molecule has 2 atom stereocenters. The standard InChI is InChI=1S/C12H17F2NO/c1-8-6-15(7-11(8)3-2-4-11)10(16)9-5-12(9,13)14/h8-9H,2-7H2,1H3. The topological polar surface area (TPSA) is 20.3 Å². The quantitative estimate of drug-likeness (QED) is 0.675. The molecule has 90 valence electrons.